The zero-order valence-corrected chi connectivity index (χ0v) is 15.2. The fourth-order valence-electron chi connectivity index (χ4n) is 3.18. The second kappa shape index (κ2) is 7.68. The fraction of sp³-hybridized carbons (Fsp3) is 0.333. The lowest BCUT2D eigenvalue weighted by Crippen LogP contribution is -2.51. The van der Waals surface area contributed by atoms with E-state index in [-0.39, 0.29) is 24.1 Å². The van der Waals surface area contributed by atoms with Crippen LogP contribution in [0.3, 0.4) is 0 Å². The first-order valence-electron chi connectivity index (χ1n) is 8.83. The number of aryl methyl sites for hydroxylation is 2. The second-order valence-electron chi connectivity index (χ2n) is 6.79. The number of carbonyl (C=O) groups is 2. The van der Waals surface area contributed by atoms with Gasteiger partial charge in [-0.05, 0) is 43.2 Å². The van der Waals surface area contributed by atoms with Crippen molar-refractivity contribution in [2.75, 3.05) is 26.2 Å². The first-order valence-corrected chi connectivity index (χ1v) is 8.83. The standard InChI is InChI=1S/C21H23FN2O2/c1-15-3-4-16(2)19(13-15)21(26)24-11-9-23(10-12-24)20(25)14-17-5-7-18(22)8-6-17/h3-8,13H,9-12,14H2,1-2H3. The minimum Gasteiger partial charge on any atom is -0.339 e. The summed E-state index contributed by atoms with van der Waals surface area (Å²) >= 11 is 0. The van der Waals surface area contributed by atoms with Crippen molar-refractivity contribution in [3.8, 4) is 0 Å². The van der Waals surface area contributed by atoms with Crippen molar-refractivity contribution in [3.63, 3.8) is 0 Å². The third-order valence-electron chi connectivity index (χ3n) is 4.81. The molecule has 0 aliphatic carbocycles. The molecule has 1 aliphatic heterocycles. The van der Waals surface area contributed by atoms with Gasteiger partial charge in [0.2, 0.25) is 5.91 Å². The van der Waals surface area contributed by atoms with Gasteiger partial charge in [0.05, 0.1) is 6.42 Å². The van der Waals surface area contributed by atoms with E-state index in [0.717, 1.165) is 22.3 Å². The minimum absolute atomic E-state index is 0.00967. The van der Waals surface area contributed by atoms with Crippen molar-refractivity contribution >= 4 is 11.8 Å². The van der Waals surface area contributed by atoms with Crippen LogP contribution in [0.4, 0.5) is 4.39 Å². The van der Waals surface area contributed by atoms with E-state index >= 15 is 0 Å². The van der Waals surface area contributed by atoms with Crippen LogP contribution in [0.5, 0.6) is 0 Å². The van der Waals surface area contributed by atoms with Gasteiger partial charge in [-0.15, -0.1) is 0 Å². The topological polar surface area (TPSA) is 40.6 Å². The molecule has 0 N–H and O–H groups in total. The molecule has 0 atom stereocenters. The number of hydrogen-bond acceptors (Lipinski definition) is 2. The molecule has 1 heterocycles. The largest absolute Gasteiger partial charge is 0.339 e. The monoisotopic (exact) mass is 354 g/mol. The van der Waals surface area contributed by atoms with Crippen LogP contribution in [0, 0.1) is 19.7 Å². The van der Waals surface area contributed by atoms with E-state index < -0.39 is 0 Å². The van der Waals surface area contributed by atoms with E-state index in [1.807, 2.05) is 36.9 Å². The maximum atomic E-state index is 13.0. The molecule has 2 aromatic carbocycles. The van der Waals surface area contributed by atoms with Crippen LogP contribution >= 0.6 is 0 Å². The van der Waals surface area contributed by atoms with Crippen LogP contribution in [-0.2, 0) is 11.2 Å². The molecule has 1 saturated heterocycles. The predicted octanol–water partition coefficient (Wildman–Crippen LogP) is 2.97. The first kappa shape index (κ1) is 18.1. The van der Waals surface area contributed by atoms with Gasteiger partial charge in [0, 0.05) is 31.7 Å². The highest BCUT2D eigenvalue weighted by atomic mass is 19.1. The van der Waals surface area contributed by atoms with Gasteiger partial charge in [-0.2, -0.15) is 0 Å². The molecular weight excluding hydrogens is 331 g/mol. The Balaban J connectivity index is 1.58. The quantitative estimate of drug-likeness (QED) is 0.850. The summed E-state index contributed by atoms with van der Waals surface area (Å²) < 4.78 is 13.0. The van der Waals surface area contributed by atoms with Crippen molar-refractivity contribution in [3.05, 3.63) is 70.5 Å². The third kappa shape index (κ3) is 4.10. The lowest BCUT2D eigenvalue weighted by atomic mass is 10.0. The molecule has 1 aliphatic rings. The average Bonchev–Trinajstić information content (AvgIpc) is 2.65. The van der Waals surface area contributed by atoms with Crippen molar-refractivity contribution in [1.82, 2.24) is 9.80 Å². The highest BCUT2D eigenvalue weighted by Crippen LogP contribution is 2.15. The Morgan fingerprint density at radius 2 is 1.54 bits per heavy atom. The Labute approximate surface area is 153 Å². The van der Waals surface area contributed by atoms with Gasteiger partial charge in [-0.25, -0.2) is 4.39 Å². The highest BCUT2D eigenvalue weighted by molar-refractivity contribution is 5.96. The van der Waals surface area contributed by atoms with Crippen molar-refractivity contribution < 1.29 is 14.0 Å². The molecule has 0 bridgehead atoms. The Morgan fingerprint density at radius 1 is 0.923 bits per heavy atom. The van der Waals surface area contributed by atoms with E-state index in [9.17, 15) is 14.0 Å². The molecule has 1 fully saturated rings. The van der Waals surface area contributed by atoms with E-state index in [2.05, 4.69) is 0 Å². The maximum absolute atomic E-state index is 13.0. The van der Waals surface area contributed by atoms with Gasteiger partial charge >= 0.3 is 0 Å². The molecule has 0 unspecified atom stereocenters. The van der Waals surface area contributed by atoms with Crippen LogP contribution in [-0.4, -0.2) is 47.8 Å². The van der Waals surface area contributed by atoms with Crippen molar-refractivity contribution in [2.24, 2.45) is 0 Å². The second-order valence-corrected chi connectivity index (χ2v) is 6.79. The number of nitrogens with zero attached hydrogens (tertiary/aromatic N) is 2. The van der Waals surface area contributed by atoms with Gasteiger partial charge in [-0.1, -0.05) is 29.8 Å². The van der Waals surface area contributed by atoms with E-state index in [4.69, 9.17) is 0 Å². The number of benzene rings is 2. The number of halogens is 1. The van der Waals surface area contributed by atoms with E-state index in [1.54, 1.807) is 17.0 Å². The SMILES string of the molecule is Cc1ccc(C)c(C(=O)N2CCN(C(=O)Cc3ccc(F)cc3)CC2)c1. The van der Waals surface area contributed by atoms with Gasteiger partial charge in [0.25, 0.3) is 5.91 Å². The summed E-state index contributed by atoms with van der Waals surface area (Å²) in [5.41, 5.74) is 3.56. The van der Waals surface area contributed by atoms with Gasteiger partial charge in [0.1, 0.15) is 5.82 Å². The molecule has 0 saturated carbocycles. The number of piperazine rings is 1. The summed E-state index contributed by atoms with van der Waals surface area (Å²) in [7, 11) is 0. The summed E-state index contributed by atoms with van der Waals surface area (Å²) in [6.45, 7) is 6.02. The number of amides is 2. The van der Waals surface area contributed by atoms with Crippen LogP contribution in [0.2, 0.25) is 0 Å². The van der Waals surface area contributed by atoms with Crippen LogP contribution in [0.25, 0.3) is 0 Å². The van der Waals surface area contributed by atoms with Crippen LogP contribution < -0.4 is 0 Å². The Morgan fingerprint density at radius 3 is 2.19 bits per heavy atom. The highest BCUT2D eigenvalue weighted by Gasteiger charge is 2.25. The molecule has 2 aromatic rings. The number of hydrogen-bond donors (Lipinski definition) is 0. The summed E-state index contributed by atoms with van der Waals surface area (Å²) in [6, 6.07) is 11.9. The Kier molecular flexibility index (Phi) is 5.35. The molecule has 0 radical (unpaired) electrons. The molecule has 2 amide bonds. The van der Waals surface area contributed by atoms with Gasteiger partial charge in [-0.3, -0.25) is 9.59 Å². The molecule has 0 aromatic heterocycles. The van der Waals surface area contributed by atoms with Crippen LogP contribution in [0.15, 0.2) is 42.5 Å². The van der Waals surface area contributed by atoms with Gasteiger partial charge in [0.15, 0.2) is 0 Å². The number of carbonyl (C=O) groups excluding carboxylic acids is 2. The molecule has 5 heteroatoms. The van der Waals surface area contributed by atoms with E-state index in [1.165, 1.54) is 12.1 Å². The van der Waals surface area contributed by atoms with Crippen molar-refractivity contribution in [1.29, 1.82) is 0 Å². The predicted molar refractivity (Wildman–Crippen MR) is 98.5 cm³/mol. The molecular formula is C21H23FN2O2. The number of rotatable bonds is 3. The lowest BCUT2D eigenvalue weighted by Gasteiger charge is -2.35. The lowest BCUT2D eigenvalue weighted by molar-refractivity contribution is -0.131. The van der Waals surface area contributed by atoms with Crippen molar-refractivity contribution in [2.45, 2.75) is 20.3 Å². The molecule has 136 valence electrons. The molecule has 3 rings (SSSR count). The summed E-state index contributed by atoms with van der Waals surface area (Å²) in [4.78, 5) is 28.8. The maximum Gasteiger partial charge on any atom is 0.254 e. The van der Waals surface area contributed by atoms with E-state index in [0.29, 0.717) is 26.2 Å². The minimum atomic E-state index is -0.306. The molecule has 0 spiro atoms. The Bertz CT molecular complexity index is 809. The van der Waals surface area contributed by atoms with Crippen LogP contribution in [0.1, 0.15) is 27.0 Å². The summed E-state index contributed by atoms with van der Waals surface area (Å²) in [5.74, 6) is -0.271. The zero-order valence-electron chi connectivity index (χ0n) is 15.2. The molecule has 4 nitrogen and oxygen atoms in total. The van der Waals surface area contributed by atoms with Gasteiger partial charge < -0.3 is 9.80 Å². The summed E-state index contributed by atoms with van der Waals surface area (Å²) in [6.07, 6.45) is 0.255. The average molecular weight is 354 g/mol. The normalized spacial score (nSPS) is 14.4. The Hall–Kier alpha value is -2.69. The third-order valence-corrected chi connectivity index (χ3v) is 4.81. The zero-order chi connectivity index (χ0) is 18.7. The molecule has 26 heavy (non-hydrogen) atoms. The summed E-state index contributed by atoms with van der Waals surface area (Å²) in [5, 5.41) is 0. The first-order chi connectivity index (χ1) is 12.4. The smallest absolute Gasteiger partial charge is 0.254 e. The fourth-order valence-corrected chi connectivity index (χ4v) is 3.18.